The Morgan fingerprint density at radius 2 is 2.06 bits per heavy atom. The largest absolute Gasteiger partial charge is 0.480 e. The first-order valence-electron chi connectivity index (χ1n) is 6.67. The lowest BCUT2D eigenvalue weighted by atomic mass is 9.94. The van der Waals surface area contributed by atoms with Gasteiger partial charge in [0.2, 0.25) is 0 Å². The molecule has 3 heteroatoms. The van der Waals surface area contributed by atoms with E-state index in [2.05, 4.69) is 11.8 Å². The summed E-state index contributed by atoms with van der Waals surface area (Å²) in [5, 5.41) is 9.50. The van der Waals surface area contributed by atoms with Crippen LogP contribution in [0, 0.1) is 5.92 Å². The minimum atomic E-state index is -0.723. The summed E-state index contributed by atoms with van der Waals surface area (Å²) in [5.41, 5.74) is 0.988. The first-order valence-corrected chi connectivity index (χ1v) is 6.67. The molecule has 0 aromatic heterocycles. The Morgan fingerprint density at radius 1 is 1.33 bits per heavy atom. The Labute approximate surface area is 108 Å². The molecule has 1 aliphatic heterocycles. The number of hydrogen-bond donors (Lipinski definition) is 1. The van der Waals surface area contributed by atoms with Crippen LogP contribution in [0.2, 0.25) is 0 Å². The third-order valence-electron chi connectivity index (χ3n) is 3.79. The van der Waals surface area contributed by atoms with Crippen LogP contribution < -0.4 is 0 Å². The molecule has 0 amide bonds. The monoisotopic (exact) mass is 247 g/mol. The fourth-order valence-corrected chi connectivity index (χ4v) is 2.63. The highest BCUT2D eigenvalue weighted by Crippen LogP contribution is 2.24. The van der Waals surface area contributed by atoms with Crippen molar-refractivity contribution in [2.45, 2.75) is 32.2 Å². The molecule has 0 aromatic carbocycles. The Kier molecular flexibility index (Phi) is 4.37. The fourth-order valence-electron chi connectivity index (χ4n) is 2.63. The van der Waals surface area contributed by atoms with Gasteiger partial charge in [0.1, 0.15) is 6.04 Å². The van der Waals surface area contributed by atoms with E-state index in [-0.39, 0.29) is 0 Å². The molecular weight excluding hydrogens is 226 g/mol. The lowest BCUT2D eigenvalue weighted by Gasteiger charge is -2.35. The number of aliphatic carboxylic acids is 1. The van der Waals surface area contributed by atoms with Crippen molar-refractivity contribution < 1.29 is 9.90 Å². The third kappa shape index (κ3) is 3.10. The minimum Gasteiger partial charge on any atom is -0.480 e. The number of carboxylic acid groups (broad SMARTS) is 1. The second kappa shape index (κ2) is 6.01. The van der Waals surface area contributed by atoms with Crippen LogP contribution in [0.5, 0.6) is 0 Å². The maximum atomic E-state index is 11.6. The van der Waals surface area contributed by atoms with Gasteiger partial charge in [-0.05, 0) is 43.8 Å². The van der Waals surface area contributed by atoms with Crippen LogP contribution in [0.25, 0.3) is 0 Å². The van der Waals surface area contributed by atoms with Gasteiger partial charge in [0, 0.05) is 0 Å². The van der Waals surface area contributed by atoms with E-state index in [1.807, 2.05) is 30.4 Å². The van der Waals surface area contributed by atoms with E-state index >= 15 is 0 Å². The van der Waals surface area contributed by atoms with Crippen molar-refractivity contribution in [3.8, 4) is 0 Å². The van der Waals surface area contributed by atoms with Crippen molar-refractivity contribution >= 4 is 5.97 Å². The summed E-state index contributed by atoms with van der Waals surface area (Å²) >= 11 is 0. The Hall–Kier alpha value is -1.35. The molecule has 1 aliphatic carbocycles. The molecule has 0 aromatic rings. The molecule has 0 bridgehead atoms. The third-order valence-corrected chi connectivity index (χ3v) is 3.79. The SMILES string of the molecule is CC1CCN(C(C(=O)O)C2=CC=CC=CC2)CC1. The number of hydrogen-bond acceptors (Lipinski definition) is 2. The zero-order chi connectivity index (χ0) is 13.0. The molecule has 1 fully saturated rings. The van der Waals surface area contributed by atoms with Crippen LogP contribution in [0.1, 0.15) is 26.2 Å². The molecule has 18 heavy (non-hydrogen) atoms. The van der Waals surface area contributed by atoms with Crippen molar-refractivity contribution in [2.24, 2.45) is 5.92 Å². The highest BCUT2D eigenvalue weighted by Gasteiger charge is 2.30. The van der Waals surface area contributed by atoms with Crippen molar-refractivity contribution in [1.29, 1.82) is 0 Å². The summed E-state index contributed by atoms with van der Waals surface area (Å²) in [4.78, 5) is 13.7. The zero-order valence-corrected chi connectivity index (χ0v) is 10.9. The topological polar surface area (TPSA) is 40.5 Å². The van der Waals surface area contributed by atoms with E-state index in [1.54, 1.807) is 0 Å². The predicted molar refractivity (Wildman–Crippen MR) is 72.4 cm³/mol. The smallest absolute Gasteiger partial charge is 0.325 e. The van der Waals surface area contributed by atoms with Gasteiger partial charge in [-0.15, -0.1) is 0 Å². The molecule has 2 aliphatic rings. The quantitative estimate of drug-likeness (QED) is 0.833. The van der Waals surface area contributed by atoms with Crippen molar-refractivity contribution in [3.05, 3.63) is 36.0 Å². The highest BCUT2D eigenvalue weighted by molar-refractivity contribution is 5.77. The molecular formula is C15H21NO2. The second-order valence-electron chi connectivity index (χ2n) is 5.22. The fraction of sp³-hybridized carbons (Fsp3) is 0.533. The van der Waals surface area contributed by atoms with E-state index in [0.717, 1.165) is 43.8 Å². The summed E-state index contributed by atoms with van der Waals surface area (Å²) in [5.74, 6) is -0.00176. The van der Waals surface area contributed by atoms with Crippen molar-refractivity contribution in [1.82, 2.24) is 4.90 Å². The molecule has 0 radical (unpaired) electrons. The molecule has 98 valence electrons. The van der Waals surface area contributed by atoms with Crippen LogP contribution in [0.4, 0.5) is 0 Å². The Bertz CT molecular complexity index is 387. The van der Waals surface area contributed by atoms with E-state index in [0.29, 0.717) is 0 Å². The average molecular weight is 247 g/mol. The van der Waals surface area contributed by atoms with Gasteiger partial charge in [-0.1, -0.05) is 37.3 Å². The second-order valence-corrected chi connectivity index (χ2v) is 5.22. The van der Waals surface area contributed by atoms with Gasteiger partial charge in [-0.2, -0.15) is 0 Å². The minimum absolute atomic E-state index is 0.454. The lowest BCUT2D eigenvalue weighted by molar-refractivity contribution is -0.142. The van der Waals surface area contributed by atoms with Gasteiger partial charge in [-0.3, -0.25) is 9.69 Å². The van der Waals surface area contributed by atoms with E-state index in [4.69, 9.17) is 0 Å². The standard InChI is InChI=1S/C15H21NO2/c1-12-8-10-16(11-9-12)14(15(17)18)13-6-4-2-3-5-7-13/h2-6,12,14H,7-11H2,1H3,(H,17,18). The van der Waals surface area contributed by atoms with Crippen LogP contribution >= 0.6 is 0 Å². The van der Waals surface area contributed by atoms with Gasteiger partial charge >= 0.3 is 5.97 Å². The zero-order valence-electron chi connectivity index (χ0n) is 10.9. The number of likely N-dealkylation sites (tertiary alicyclic amines) is 1. The Balaban J connectivity index is 2.13. The first-order chi connectivity index (χ1) is 8.68. The molecule has 0 spiro atoms. The van der Waals surface area contributed by atoms with Gasteiger partial charge in [0.05, 0.1) is 0 Å². The number of rotatable bonds is 3. The molecule has 3 nitrogen and oxygen atoms in total. The molecule has 1 N–H and O–H groups in total. The van der Waals surface area contributed by atoms with Crippen molar-refractivity contribution in [2.75, 3.05) is 13.1 Å². The van der Waals surface area contributed by atoms with E-state index in [1.165, 1.54) is 0 Å². The molecule has 0 saturated carbocycles. The van der Waals surface area contributed by atoms with Crippen LogP contribution in [-0.2, 0) is 4.79 Å². The van der Waals surface area contributed by atoms with Crippen LogP contribution in [0.15, 0.2) is 36.0 Å². The molecule has 1 unspecified atom stereocenters. The van der Waals surface area contributed by atoms with Gasteiger partial charge in [0.25, 0.3) is 0 Å². The maximum Gasteiger partial charge on any atom is 0.325 e. The lowest BCUT2D eigenvalue weighted by Crippen LogP contribution is -2.46. The van der Waals surface area contributed by atoms with Gasteiger partial charge in [-0.25, -0.2) is 0 Å². The number of nitrogens with zero attached hydrogens (tertiary/aromatic N) is 1. The summed E-state index contributed by atoms with van der Waals surface area (Å²) in [7, 11) is 0. The van der Waals surface area contributed by atoms with E-state index in [9.17, 15) is 9.90 Å². The highest BCUT2D eigenvalue weighted by atomic mass is 16.4. The van der Waals surface area contributed by atoms with Crippen LogP contribution in [0.3, 0.4) is 0 Å². The number of carbonyl (C=O) groups is 1. The van der Waals surface area contributed by atoms with Gasteiger partial charge < -0.3 is 5.11 Å². The number of piperidine rings is 1. The average Bonchev–Trinajstić information content (AvgIpc) is 2.60. The normalized spacial score (nSPS) is 23.5. The molecule has 1 saturated heterocycles. The first kappa shape index (κ1) is 13.1. The Morgan fingerprint density at radius 3 is 2.72 bits per heavy atom. The summed E-state index contributed by atoms with van der Waals surface area (Å²) in [6.07, 6.45) is 12.8. The molecule has 2 rings (SSSR count). The maximum absolute atomic E-state index is 11.6. The van der Waals surface area contributed by atoms with Crippen LogP contribution in [-0.4, -0.2) is 35.1 Å². The summed E-state index contributed by atoms with van der Waals surface area (Å²) in [6.45, 7) is 4.02. The summed E-state index contributed by atoms with van der Waals surface area (Å²) in [6, 6.07) is -0.454. The number of allylic oxidation sites excluding steroid dienone is 5. The molecule has 1 atom stereocenters. The molecule has 1 heterocycles. The number of carboxylic acids is 1. The van der Waals surface area contributed by atoms with Crippen molar-refractivity contribution in [3.63, 3.8) is 0 Å². The van der Waals surface area contributed by atoms with Gasteiger partial charge in [0.15, 0.2) is 0 Å². The summed E-state index contributed by atoms with van der Waals surface area (Å²) < 4.78 is 0. The van der Waals surface area contributed by atoms with E-state index < -0.39 is 12.0 Å². The predicted octanol–water partition coefficient (Wildman–Crippen LogP) is 2.61.